The summed E-state index contributed by atoms with van der Waals surface area (Å²) in [5.74, 6) is -0.551. The van der Waals surface area contributed by atoms with Crippen LogP contribution >= 0.6 is 0 Å². The van der Waals surface area contributed by atoms with Crippen molar-refractivity contribution in [2.45, 2.75) is 0 Å². The van der Waals surface area contributed by atoms with E-state index in [1.165, 1.54) is 33.5 Å². The number of non-ortho nitro benzene ring substituents is 1. The molecule has 24 heavy (non-hydrogen) atoms. The van der Waals surface area contributed by atoms with Gasteiger partial charge in [0.1, 0.15) is 5.56 Å². The molecular formula is C14H13N3O7. The van der Waals surface area contributed by atoms with Crippen molar-refractivity contribution in [3.05, 3.63) is 39.9 Å². The van der Waals surface area contributed by atoms with E-state index in [1.54, 1.807) is 0 Å². The molecule has 1 heterocycles. The van der Waals surface area contributed by atoms with Gasteiger partial charge >= 0.3 is 12.0 Å². The minimum Gasteiger partial charge on any atom is -0.481 e. The van der Waals surface area contributed by atoms with E-state index in [4.69, 9.17) is 14.2 Å². The molecule has 0 unspecified atom stereocenters. The smallest absolute Gasteiger partial charge is 0.341 e. The zero-order chi connectivity index (χ0) is 17.7. The maximum absolute atomic E-state index is 11.8. The molecule has 0 saturated heterocycles. The van der Waals surface area contributed by atoms with E-state index in [-0.39, 0.29) is 34.8 Å². The van der Waals surface area contributed by atoms with Gasteiger partial charge in [-0.15, -0.1) is 0 Å². The first-order valence-electron chi connectivity index (χ1n) is 6.50. The fourth-order valence-electron chi connectivity index (χ4n) is 1.72. The van der Waals surface area contributed by atoms with Gasteiger partial charge in [-0.3, -0.25) is 10.1 Å². The lowest BCUT2D eigenvalue weighted by Gasteiger charge is -2.10. The van der Waals surface area contributed by atoms with E-state index < -0.39 is 10.9 Å². The van der Waals surface area contributed by atoms with E-state index in [0.717, 1.165) is 12.1 Å². The topological polar surface area (TPSA) is 123 Å². The first-order chi connectivity index (χ1) is 11.5. The fraction of sp³-hybridized carbons (Fsp3) is 0.214. The average molecular weight is 335 g/mol. The number of ether oxygens (including phenoxy) is 4. The monoisotopic (exact) mass is 335 g/mol. The second kappa shape index (κ2) is 7.22. The van der Waals surface area contributed by atoms with Crippen molar-refractivity contribution in [1.82, 2.24) is 9.97 Å². The fourth-order valence-corrected chi connectivity index (χ4v) is 1.72. The summed E-state index contributed by atoms with van der Waals surface area (Å²) in [6.45, 7) is 0. The van der Waals surface area contributed by atoms with Crippen LogP contribution in [0.2, 0.25) is 0 Å². The Hall–Kier alpha value is -3.43. The van der Waals surface area contributed by atoms with Gasteiger partial charge in [-0.05, 0) is 6.07 Å². The lowest BCUT2D eigenvalue weighted by molar-refractivity contribution is -0.384. The van der Waals surface area contributed by atoms with Crippen LogP contribution in [0.15, 0.2) is 24.3 Å². The number of nitro benzene ring substituents is 1. The van der Waals surface area contributed by atoms with Gasteiger partial charge in [0.25, 0.3) is 5.69 Å². The summed E-state index contributed by atoms with van der Waals surface area (Å²) in [4.78, 5) is 30.0. The molecule has 0 saturated carbocycles. The number of rotatable bonds is 6. The zero-order valence-corrected chi connectivity index (χ0v) is 13.0. The molecule has 2 aromatic rings. The molecule has 0 aliphatic heterocycles. The maximum Gasteiger partial charge on any atom is 0.341 e. The van der Waals surface area contributed by atoms with Gasteiger partial charge in [0.2, 0.25) is 11.8 Å². The number of aromatic nitrogens is 2. The van der Waals surface area contributed by atoms with E-state index in [0.29, 0.717) is 0 Å². The summed E-state index contributed by atoms with van der Waals surface area (Å²) in [7, 11) is 3.95. The van der Waals surface area contributed by atoms with Crippen LogP contribution in [0.5, 0.6) is 23.5 Å². The molecule has 0 aliphatic rings. The van der Waals surface area contributed by atoms with Crippen molar-refractivity contribution >= 4 is 11.7 Å². The number of esters is 1. The number of carbonyl (C=O) groups is 1. The molecule has 0 bridgehead atoms. The van der Waals surface area contributed by atoms with E-state index in [2.05, 4.69) is 14.7 Å². The minimum atomic E-state index is -0.727. The number of hydrogen-bond acceptors (Lipinski definition) is 9. The first kappa shape index (κ1) is 16.9. The van der Waals surface area contributed by atoms with Crippen molar-refractivity contribution in [3.63, 3.8) is 0 Å². The van der Waals surface area contributed by atoms with Crippen molar-refractivity contribution in [1.29, 1.82) is 0 Å². The molecule has 0 atom stereocenters. The van der Waals surface area contributed by atoms with Crippen LogP contribution in [0, 0.1) is 10.1 Å². The zero-order valence-electron chi connectivity index (χ0n) is 13.0. The van der Waals surface area contributed by atoms with Crippen LogP contribution in [-0.2, 0) is 4.74 Å². The summed E-state index contributed by atoms with van der Waals surface area (Å²) >= 11 is 0. The van der Waals surface area contributed by atoms with Crippen LogP contribution in [-0.4, -0.2) is 42.2 Å². The van der Waals surface area contributed by atoms with Gasteiger partial charge in [0, 0.05) is 6.07 Å². The number of hydrogen-bond donors (Lipinski definition) is 0. The highest BCUT2D eigenvalue weighted by Gasteiger charge is 2.20. The standard InChI is InChI=1S/C14H13N3O7/c1-21-11-7-12(22-2)16-14(15-11)24-10-6-8(17(19)20)4-5-9(10)13(18)23-3/h4-7H,1-3H3. The molecule has 0 amide bonds. The normalized spacial score (nSPS) is 9.96. The maximum atomic E-state index is 11.8. The Bertz CT molecular complexity index is 757. The number of nitrogens with zero attached hydrogens (tertiary/aromatic N) is 3. The number of carbonyl (C=O) groups excluding carboxylic acids is 1. The largest absolute Gasteiger partial charge is 0.481 e. The summed E-state index contributed by atoms with van der Waals surface area (Å²) in [5.41, 5.74) is -0.291. The lowest BCUT2D eigenvalue weighted by atomic mass is 10.2. The number of nitro groups is 1. The molecule has 2 rings (SSSR count). The van der Waals surface area contributed by atoms with Gasteiger partial charge in [0.15, 0.2) is 5.75 Å². The molecular weight excluding hydrogens is 322 g/mol. The van der Waals surface area contributed by atoms with E-state index in [9.17, 15) is 14.9 Å². The van der Waals surface area contributed by atoms with E-state index >= 15 is 0 Å². The minimum absolute atomic E-state index is 0.0199. The Kier molecular flexibility index (Phi) is 5.09. The molecule has 10 heteroatoms. The predicted molar refractivity (Wildman–Crippen MR) is 79.6 cm³/mol. The summed E-state index contributed by atoms with van der Waals surface area (Å²) < 4.78 is 20.0. The highest BCUT2D eigenvalue weighted by molar-refractivity contribution is 5.93. The molecule has 0 aliphatic carbocycles. The third-order valence-electron chi connectivity index (χ3n) is 2.86. The van der Waals surface area contributed by atoms with Crippen LogP contribution < -0.4 is 14.2 Å². The molecule has 0 radical (unpaired) electrons. The van der Waals surface area contributed by atoms with Gasteiger partial charge in [-0.25, -0.2) is 4.79 Å². The number of benzene rings is 1. The third kappa shape index (κ3) is 3.66. The summed E-state index contributed by atoms with van der Waals surface area (Å²) in [6.07, 6.45) is 0. The van der Waals surface area contributed by atoms with Crippen molar-refractivity contribution in [2.75, 3.05) is 21.3 Å². The molecule has 1 aromatic carbocycles. The second-order valence-electron chi connectivity index (χ2n) is 4.27. The molecule has 0 fully saturated rings. The third-order valence-corrected chi connectivity index (χ3v) is 2.86. The van der Waals surface area contributed by atoms with Crippen molar-refractivity contribution in [2.24, 2.45) is 0 Å². The van der Waals surface area contributed by atoms with Crippen LogP contribution in [0.1, 0.15) is 10.4 Å². The molecule has 10 nitrogen and oxygen atoms in total. The van der Waals surface area contributed by atoms with E-state index in [1.807, 2.05) is 0 Å². The Balaban J connectivity index is 2.48. The molecule has 0 spiro atoms. The average Bonchev–Trinajstić information content (AvgIpc) is 2.60. The van der Waals surface area contributed by atoms with Crippen LogP contribution in [0.3, 0.4) is 0 Å². The SMILES string of the molecule is COC(=O)c1ccc([N+](=O)[O-])cc1Oc1nc(OC)cc(OC)n1. The first-order valence-corrected chi connectivity index (χ1v) is 6.50. The molecule has 0 N–H and O–H groups in total. The highest BCUT2D eigenvalue weighted by atomic mass is 16.6. The van der Waals surface area contributed by atoms with Gasteiger partial charge in [-0.2, -0.15) is 9.97 Å². The Morgan fingerprint density at radius 1 is 1.08 bits per heavy atom. The summed E-state index contributed by atoms with van der Waals surface area (Å²) in [6, 6.07) is 4.66. The Labute approximate surface area is 136 Å². The molecule has 126 valence electrons. The van der Waals surface area contributed by atoms with Crippen molar-refractivity contribution in [3.8, 4) is 23.5 Å². The second-order valence-corrected chi connectivity index (χ2v) is 4.27. The van der Waals surface area contributed by atoms with Gasteiger partial charge in [0.05, 0.1) is 38.4 Å². The highest BCUT2D eigenvalue weighted by Crippen LogP contribution is 2.30. The number of methoxy groups -OCH3 is 3. The van der Waals surface area contributed by atoms with Gasteiger partial charge in [-0.1, -0.05) is 0 Å². The van der Waals surface area contributed by atoms with Gasteiger partial charge < -0.3 is 18.9 Å². The van der Waals surface area contributed by atoms with Crippen LogP contribution in [0.25, 0.3) is 0 Å². The Morgan fingerprint density at radius 2 is 1.71 bits per heavy atom. The summed E-state index contributed by atoms with van der Waals surface area (Å²) in [5, 5.41) is 10.9. The quantitative estimate of drug-likeness (QED) is 0.443. The van der Waals surface area contributed by atoms with Crippen LogP contribution in [0.4, 0.5) is 5.69 Å². The molecule has 1 aromatic heterocycles. The Morgan fingerprint density at radius 3 is 2.21 bits per heavy atom. The predicted octanol–water partition coefficient (Wildman–Crippen LogP) is 1.98. The van der Waals surface area contributed by atoms with Crippen molar-refractivity contribution < 1.29 is 28.7 Å². The lowest BCUT2D eigenvalue weighted by Crippen LogP contribution is -2.06.